The van der Waals surface area contributed by atoms with Crippen LogP contribution in [0.2, 0.25) is 0 Å². The Morgan fingerprint density at radius 3 is 1.36 bits per heavy atom. The first kappa shape index (κ1) is 40.7. The SMILES string of the molecule is [Ir+3].[c-]1ccccc1-c1ccc(-c2ccccc2-c2cc(-c3ccccc3-c3ccc(-c4[c-]cccc4)nc3)cc(-c3ccccc3-c3cnc4c(c3)[N+]3=NC=CC3c3ccc[c-]c3-4)c2)cn1. The Bertz CT molecular complexity index is 3330. The van der Waals surface area contributed by atoms with E-state index in [1.54, 1.807) is 0 Å². The molecule has 0 amide bonds. The van der Waals surface area contributed by atoms with Crippen molar-refractivity contribution >= 4 is 5.69 Å². The predicted molar refractivity (Wildman–Crippen MR) is 259 cm³/mol. The number of pyridine rings is 3. The van der Waals surface area contributed by atoms with Crippen LogP contribution >= 0.6 is 0 Å². The first-order valence-corrected chi connectivity index (χ1v) is 21.7. The molecule has 5 heterocycles. The summed E-state index contributed by atoms with van der Waals surface area (Å²) in [5, 5.41) is 4.80. The minimum atomic E-state index is 0. The van der Waals surface area contributed by atoms with Crippen molar-refractivity contribution in [2.24, 2.45) is 5.11 Å². The Labute approximate surface area is 397 Å². The van der Waals surface area contributed by atoms with Crippen LogP contribution < -0.4 is 0 Å². The van der Waals surface area contributed by atoms with Gasteiger partial charge in [0.25, 0.3) is 0 Å². The molecular formula is C60H37IrN5+. The largest absolute Gasteiger partial charge is 3.00 e. The molecule has 10 aromatic rings. The second-order valence-electron chi connectivity index (χ2n) is 16.2. The smallest absolute Gasteiger partial charge is 0.304 e. The zero-order valence-corrected chi connectivity index (χ0v) is 37.8. The maximum Gasteiger partial charge on any atom is 3.00 e. The van der Waals surface area contributed by atoms with Gasteiger partial charge in [0.05, 0.1) is 11.9 Å². The van der Waals surface area contributed by atoms with Gasteiger partial charge in [-0.25, -0.2) is 0 Å². The minimum Gasteiger partial charge on any atom is -0.304 e. The average Bonchev–Trinajstić information content (AvgIpc) is 3.90. The van der Waals surface area contributed by atoms with E-state index in [1.807, 2.05) is 85.5 Å². The molecule has 5 nitrogen and oxygen atoms in total. The van der Waals surface area contributed by atoms with E-state index in [-0.39, 0.29) is 26.1 Å². The number of azo groups is 2. The zero-order chi connectivity index (χ0) is 43.1. The molecular weight excluding hydrogens is 983 g/mol. The van der Waals surface area contributed by atoms with E-state index in [0.29, 0.717) is 0 Å². The summed E-state index contributed by atoms with van der Waals surface area (Å²) < 4.78 is 2.08. The van der Waals surface area contributed by atoms with Gasteiger partial charge >= 0.3 is 20.1 Å². The van der Waals surface area contributed by atoms with Gasteiger partial charge < -0.3 is 9.97 Å². The first-order chi connectivity index (χ1) is 32.2. The standard InChI is InChI=1S/C60H37N5.Ir/c1-3-15-40(16-4-1)56-29-27-42(37-61-56)48-19-7-9-21-50(48)44-33-45(51-22-10-8-20-49(51)43-28-30-57(62-38-43)41-17-5-2-6-18-41)35-46(34-44)52-23-11-12-24-53(52)47-36-59-60(63-39-47)55-26-14-13-25-54(55)58-31-32-64-65(58)59;/h1-15,17,19-25,27-39,58H;/q-2;+3. The van der Waals surface area contributed by atoms with Crippen molar-refractivity contribution in [3.8, 4) is 101 Å². The molecule has 0 saturated heterocycles. The van der Waals surface area contributed by atoms with Crippen LogP contribution in [0.1, 0.15) is 11.6 Å². The van der Waals surface area contributed by atoms with E-state index < -0.39 is 0 Å². The van der Waals surface area contributed by atoms with Crippen LogP contribution in [0.5, 0.6) is 0 Å². The molecule has 0 N–H and O–H groups in total. The number of hydrogen-bond acceptors (Lipinski definition) is 4. The Hall–Kier alpha value is -8.02. The van der Waals surface area contributed by atoms with Gasteiger partial charge in [0.15, 0.2) is 6.04 Å². The number of fused-ring (bicyclic) bond motifs is 6. The van der Waals surface area contributed by atoms with E-state index in [1.165, 1.54) is 0 Å². The molecule has 7 aromatic carbocycles. The molecule has 0 saturated carbocycles. The van der Waals surface area contributed by atoms with Crippen LogP contribution in [0.3, 0.4) is 0 Å². The summed E-state index contributed by atoms with van der Waals surface area (Å²) >= 11 is 0. The van der Waals surface area contributed by atoms with Gasteiger partial charge in [-0.3, -0.25) is 4.98 Å². The molecule has 2 aliphatic rings. The van der Waals surface area contributed by atoms with Crippen molar-refractivity contribution in [1.82, 2.24) is 15.0 Å². The van der Waals surface area contributed by atoms with E-state index >= 15 is 0 Å². The fourth-order valence-corrected chi connectivity index (χ4v) is 9.25. The molecule has 0 radical (unpaired) electrons. The number of hydrogen-bond donors (Lipinski definition) is 0. The van der Waals surface area contributed by atoms with Crippen LogP contribution in [0.15, 0.2) is 224 Å². The Morgan fingerprint density at radius 1 is 0.409 bits per heavy atom. The van der Waals surface area contributed by atoms with Gasteiger partial charge in [0.2, 0.25) is 5.69 Å². The summed E-state index contributed by atoms with van der Waals surface area (Å²) in [6.07, 6.45) is 9.96. The predicted octanol–water partition coefficient (Wildman–Crippen LogP) is 15.0. The van der Waals surface area contributed by atoms with Gasteiger partial charge in [-0.05, 0) is 95.9 Å². The summed E-state index contributed by atoms with van der Waals surface area (Å²) in [5.41, 5.74) is 20.7. The van der Waals surface area contributed by atoms with Crippen molar-refractivity contribution in [1.29, 1.82) is 0 Å². The molecule has 2 aliphatic heterocycles. The van der Waals surface area contributed by atoms with Crippen LogP contribution in [-0.2, 0) is 20.1 Å². The maximum absolute atomic E-state index is 5.13. The van der Waals surface area contributed by atoms with Gasteiger partial charge in [-0.2, -0.15) is 0 Å². The topological polar surface area (TPSA) is 54.0 Å². The molecule has 66 heavy (non-hydrogen) atoms. The van der Waals surface area contributed by atoms with E-state index in [2.05, 4.69) is 156 Å². The first-order valence-electron chi connectivity index (χ1n) is 21.7. The summed E-state index contributed by atoms with van der Waals surface area (Å²) in [5.74, 6) is 0. The number of rotatable bonds is 8. The quantitative estimate of drug-likeness (QED) is 0.113. The molecule has 0 fully saturated rings. The molecule has 1 unspecified atom stereocenters. The van der Waals surface area contributed by atoms with Crippen molar-refractivity contribution < 1.29 is 24.8 Å². The van der Waals surface area contributed by atoms with E-state index in [9.17, 15) is 0 Å². The summed E-state index contributed by atoms with van der Waals surface area (Å²) in [6, 6.07) is 75.7. The third-order valence-electron chi connectivity index (χ3n) is 12.4. The average molecular weight is 1020 g/mol. The summed E-state index contributed by atoms with van der Waals surface area (Å²) in [7, 11) is 0. The number of aromatic nitrogens is 3. The summed E-state index contributed by atoms with van der Waals surface area (Å²) in [4.78, 5) is 14.9. The Morgan fingerprint density at radius 2 is 0.879 bits per heavy atom. The number of nitrogens with zero attached hydrogens (tertiary/aromatic N) is 5. The van der Waals surface area contributed by atoms with Gasteiger partial charge in [-0.15, -0.1) is 102 Å². The van der Waals surface area contributed by atoms with Gasteiger partial charge in [-0.1, -0.05) is 107 Å². The van der Waals surface area contributed by atoms with E-state index in [4.69, 9.17) is 20.1 Å². The molecule has 310 valence electrons. The third kappa shape index (κ3) is 7.42. The van der Waals surface area contributed by atoms with Crippen LogP contribution in [-0.4, -0.2) is 19.6 Å². The molecule has 3 aromatic heterocycles. The third-order valence-corrected chi connectivity index (χ3v) is 12.4. The molecule has 0 aliphatic carbocycles. The van der Waals surface area contributed by atoms with Crippen LogP contribution in [0.25, 0.3) is 101 Å². The molecule has 0 bridgehead atoms. The van der Waals surface area contributed by atoms with Crippen LogP contribution in [0, 0.1) is 18.2 Å². The molecule has 12 rings (SSSR count). The molecule has 1 atom stereocenters. The normalized spacial score (nSPS) is 13.2. The van der Waals surface area contributed by atoms with E-state index in [0.717, 1.165) is 112 Å². The van der Waals surface area contributed by atoms with Crippen molar-refractivity contribution in [2.45, 2.75) is 6.04 Å². The number of benzene rings is 7. The van der Waals surface area contributed by atoms with Gasteiger partial charge in [0.1, 0.15) is 0 Å². The van der Waals surface area contributed by atoms with Crippen LogP contribution in [0.4, 0.5) is 5.69 Å². The molecule has 0 spiro atoms. The summed E-state index contributed by atoms with van der Waals surface area (Å²) in [6.45, 7) is 0. The van der Waals surface area contributed by atoms with Crippen molar-refractivity contribution in [3.05, 3.63) is 243 Å². The second-order valence-corrected chi connectivity index (χ2v) is 16.2. The molecule has 6 heteroatoms. The fourth-order valence-electron chi connectivity index (χ4n) is 9.25. The fraction of sp³-hybridized carbons (Fsp3) is 0.0167. The zero-order valence-electron chi connectivity index (χ0n) is 35.4. The van der Waals surface area contributed by atoms with Crippen molar-refractivity contribution in [3.63, 3.8) is 0 Å². The maximum atomic E-state index is 5.13. The minimum absolute atomic E-state index is 0. The Kier molecular flexibility index (Phi) is 10.8. The van der Waals surface area contributed by atoms with Crippen molar-refractivity contribution in [2.75, 3.05) is 0 Å². The van der Waals surface area contributed by atoms with Gasteiger partial charge in [0, 0.05) is 36.3 Å². The Balaban J connectivity index is 0.00000481. The monoisotopic (exact) mass is 1020 g/mol. The second kappa shape index (κ2) is 17.5.